The third kappa shape index (κ3) is 3.05. The summed E-state index contributed by atoms with van der Waals surface area (Å²) in [4.78, 5) is 6.26. The van der Waals surface area contributed by atoms with Gasteiger partial charge >= 0.3 is 7.12 Å². The van der Waals surface area contributed by atoms with Gasteiger partial charge in [-0.05, 0) is 39.3 Å². The van der Waals surface area contributed by atoms with Crippen LogP contribution < -0.4 is 4.90 Å². The molecule has 0 aliphatic carbocycles. The lowest BCUT2D eigenvalue weighted by atomic mass is 9.89. The quantitative estimate of drug-likeness (QED) is 0.794. The van der Waals surface area contributed by atoms with Gasteiger partial charge in [-0.25, -0.2) is 0 Å². The Morgan fingerprint density at radius 2 is 1.70 bits per heavy atom. The molecule has 0 unspecified atom stereocenters. The van der Waals surface area contributed by atoms with Crippen molar-refractivity contribution in [2.24, 2.45) is 0 Å². The third-order valence-corrected chi connectivity index (χ3v) is 3.98. The summed E-state index contributed by atoms with van der Waals surface area (Å²) in [5.74, 6) is 1.94. The van der Waals surface area contributed by atoms with Gasteiger partial charge in [0, 0.05) is 20.3 Å². The second-order valence-electron chi connectivity index (χ2n) is 6.35. The number of pyridine rings is 1. The molecule has 0 N–H and O–H groups in total. The lowest BCUT2D eigenvalue weighted by Crippen LogP contribution is -2.41. The average molecular weight is 274 g/mol. The number of nitrogens with zero attached hydrogens (tertiary/aromatic N) is 2. The van der Waals surface area contributed by atoms with Gasteiger partial charge in [-0.15, -0.1) is 0 Å². The second-order valence-corrected chi connectivity index (χ2v) is 6.35. The minimum atomic E-state index is -0.317. The summed E-state index contributed by atoms with van der Waals surface area (Å²) in [5, 5.41) is 0. The Hall–Kier alpha value is -1.33. The van der Waals surface area contributed by atoms with E-state index < -0.39 is 0 Å². The molecule has 1 aliphatic heterocycles. The highest BCUT2D eigenvalue weighted by Crippen LogP contribution is 2.37. The number of aromatic nitrogens is 1. The van der Waals surface area contributed by atoms with Crippen LogP contribution in [0.1, 0.15) is 33.3 Å². The van der Waals surface area contributed by atoms with Gasteiger partial charge in [0.1, 0.15) is 0 Å². The molecule has 4 nitrogen and oxygen atoms in total. The zero-order chi connectivity index (χ0) is 15.0. The van der Waals surface area contributed by atoms with Crippen LogP contribution in [0.4, 0.5) is 5.69 Å². The van der Waals surface area contributed by atoms with Crippen molar-refractivity contribution in [2.75, 3.05) is 19.0 Å². The molecule has 0 bridgehead atoms. The number of rotatable bonds is 3. The van der Waals surface area contributed by atoms with Crippen LogP contribution in [-0.4, -0.2) is 37.4 Å². The van der Waals surface area contributed by atoms with Crippen LogP contribution in [0.25, 0.3) is 6.08 Å². The zero-order valence-electron chi connectivity index (χ0n) is 13.2. The van der Waals surface area contributed by atoms with Crippen LogP contribution in [-0.2, 0) is 9.31 Å². The fraction of sp³-hybridized carbons (Fsp3) is 0.533. The van der Waals surface area contributed by atoms with Crippen molar-refractivity contribution in [1.82, 2.24) is 4.98 Å². The lowest BCUT2D eigenvalue weighted by molar-refractivity contribution is 0.00578. The van der Waals surface area contributed by atoms with Gasteiger partial charge in [0.25, 0.3) is 0 Å². The standard InChI is InChI=1S/C15H23BN2O2/c1-14(2)15(3,4)20-16(19-14)8-7-12-9-13(18(5)6)11-17-10-12/h7-11H,1-6H3/b8-7+. The highest BCUT2D eigenvalue weighted by Gasteiger charge is 2.49. The van der Waals surface area contributed by atoms with Gasteiger partial charge in [0.2, 0.25) is 0 Å². The molecule has 1 saturated heterocycles. The smallest absolute Gasteiger partial charge is 0.400 e. The van der Waals surface area contributed by atoms with E-state index in [1.165, 1.54) is 0 Å². The molecule has 0 atom stereocenters. The third-order valence-electron chi connectivity index (χ3n) is 3.98. The Kier molecular flexibility index (Phi) is 3.94. The zero-order valence-corrected chi connectivity index (χ0v) is 13.2. The Bertz CT molecular complexity index is 496. The van der Waals surface area contributed by atoms with Crippen molar-refractivity contribution in [3.63, 3.8) is 0 Å². The van der Waals surface area contributed by atoms with Gasteiger partial charge in [0.15, 0.2) is 0 Å². The summed E-state index contributed by atoms with van der Waals surface area (Å²) in [6.45, 7) is 8.20. The van der Waals surface area contributed by atoms with Crippen LogP contribution in [0.2, 0.25) is 0 Å². The van der Waals surface area contributed by atoms with E-state index in [4.69, 9.17) is 9.31 Å². The van der Waals surface area contributed by atoms with Crippen LogP contribution in [0.3, 0.4) is 0 Å². The van der Waals surface area contributed by atoms with E-state index in [1.54, 1.807) is 0 Å². The molecule has 108 valence electrons. The van der Waals surface area contributed by atoms with Gasteiger partial charge in [0.05, 0.1) is 23.1 Å². The highest BCUT2D eigenvalue weighted by atomic mass is 16.7. The van der Waals surface area contributed by atoms with Crippen LogP contribution in [0.15, 0.2) is 24.4 Å². The maximum atomic E-state index is 5.92. The lowest BCUT2D eigenvalue weighted by Gasteiger charge is -2.32. The van der Waals surface area contributed by atoms with Crippen molar-refractivity contribution < 1.29 is 9.31 Å². The summed E-state index contributed by atoms with van der Waals surface area (Å²) < 4.78 is 11.8. The molecule has 1 fully saturated rings. The molecule has 1 aliphatic rings. The van der Waals surface area contributed by atoms with E-state index in [0.717, 1.165) is 11.3 Å². The van der Waals surface area contributed by atoms with Gasteiger partial charge < -0.3 is 14.2 Å². The van der Waals surface area contributed by atoms with Crippen molar-refractivity contribution in [2.45, 2.75) is 38.9 Å². The van der Waals surface area contributed by atoms with Crippen molar-refractivity contribution in [3.05, 3.63) is 30.0 Å². The van der Waals surface area contributed by atoms with Gasteiger partial charge in [-0.3, -0.25) is 4.98 Å². The first kappa shape index (κ1) is 15.1. The minimum Gasteiger partial charge on any atom is -0.400 e. The average Bonchev–Trinajstić information content (AvgIpc) is 2.56. The summed E-state index contributed by atoms with van der Waals surface area (Å²) in [5.41, 5.74) is 1.50. The Morgan fingerprint density at radius 3 is 2.25 bits per heavy atom. The van der Waals surface area contributed by atoms with E-state index in [0.29, 0.717) is 0 Å². The maximum absolute atomic E-state index is 5.92. The number of anilines is 1. The van der Waals surface area contributed by atoms with Gasteiger partial charge in [-0.1, -0.05) is 12.1 Å². The van der Waals surface area contributed by atoms with E-state index in [9.17, 15) is 0 Å². The Morgan fingerprint density at radius 1 is 1.10 bits per heavy atom. The minimum absolute atomic E-state index is 0.300. The van der Waals surface area contributed by atoms with E-state index in [-0.39, 0.29) is 18.3 Å². The van der Waals surface area contributed by atoms with E-state index >= 15 is 0 Å². The van der Waals surface area contributed by atoms with Crippen LogP contribution in [0, 0.1) is 0 Å². The van der Waals surface area contributed by atoms with E-state index in [1.807, 2.05) is 43.4 Å². The molecular formula is C15H23BN2O2. The predicted octanol–water partition coefficient (Wildman–Crippen LogP) is 2.79. The molecule has 2 rings (SSSR count). The van der Waals surface area contributed by atoms with Crippen molar-refractivity contribution >= 4 is 18.9 Å². The van der Waals surface area contributed by atoms with Crippen molar-refractivity contribution in [3.8, 4) is 0 Å². The molecule has 0 radical (unpaired) electrons. The largest absolute Gasteiger partial charge is 0.487 e. The summed E-state index contributed by atoms with van der Waals surface area (Å²) in [7, 11) is 3.68. The maximum Gasteiger partial charge on any atom is 0.487 e. The monoisotopic (exact) mass is 274 g/mol. The number of hydrogen-bond acceptors (Lipinski definition) is 4. The Labute approximate surface area is 121 Å². The summed E-state index contributed by atoms with van der Waals surface area (Å²) >= 11 is 0. The SMILES string of the molecule is CN(C)c1cncc(/C=C/B2OC(C)(C)C(C)(C)O2)c1. The highest BCUT2D eigenvalue weighted by molar-refractivity contribution is 6.52. The number of hydrogen-bond donors (Lipinski definition) is 0. The summed E-state index contributed by atoms with van der Waals surface area (Å²) in [6.07, 6.45) is 5.66. The van der Waals surface area contributed by atoms with Crippen molar-refractivity contribution in [1.29, 1.82) is 0 Å². The normalized spacial score (nSPS) is 20.6. The molecule has 20 heavy (non-hydrogen) atoms. The molecule has 0 saturated carbocycles. The topological polar surface area (TPSA) is 34.6 Å². The van der Waals surface area contributed by atoms with E-state index in [2.05, 4.69) is 38.7 Å². The molecular weight excluding hydrogens is 251 g/mol. The fourth-order valence-corrected chi connectivity index (χ4v) is 1.94. The molecule has 0 spiro atoms. The molecule has 0 aromatic carbocycles. The first-order chi connectivity index (χ1) is 9.21. The first-order valence-corrected chi connectivity index (χ1v) is 6.87. The first-order valence-electron chi connectivity index (χ1n) is 6.87. The molecule has 1 aromatic rings. The fourth-order valence-electron chi connectivity index (χ4n) is 1.94. The van der Waals surface area contributed by atoms with Gasteiger partial charge in [-0.2, -0.15) is 0 Å². The Balaban J connectivity index is 2.10. The molecule has 5 heteroatoms. The molecule has 1 aromatic heterocycles. The van der Waals surface area contributed by atoms with Crippen LogP contribution in [0.5, 0.6) is 0 Å². The van der Waals surface area contributed by atoms with Crippen LogP contribution >= 0.6 is 0 Å². The molecule has 0 amide bonds. The summed E-state index contributed by atoms with van der Waals surface area (Å²) in [6, 6.07) is 2.08. The molecule has 2 heterocycles. The predicted molar refractivity (Wildman–Crippen MR) is 83.7 cm³/mol. The second kappa shape index (κ2) is 5.22.